The van der Waals surface area contributed by atoms with Gasteiger partial charge in [-0.1, -0.05) is 0 Å². The second-order valence-corrected chi connectivity index (χ2v) is 4.35. The first-order valence-electron chi connectivity index (χ1n) is 4.73. The molecule has 13 heavy (non-hydrogen) atoms. The molecule has 72 valence electrons. The molecule has 2 aliphatic carbocycles. The first-order chi connectivity index (χ1) is 6.20. The summed E-state index contributed by atoms with van der Waals surface area (Å²) in [5.74, 6) is -0.426. The van der Waals surface area contributed by atoms with E-state index < -0.39 is 12.2 Å². The highest BCUT2D eigenvalue weighted by atomic mass is 16.5. The summed E-state index contributed by atoms with van der Waals surface area (Å²) >= 11 is 0. The van der Waals surface area contributed by atoms with E-state index in [0.29, 0.717) is 13.0 Å². The molecule has 0 spiro atoms. The zero-order valence-corrected chi connectivity index (χ0v) is 7.09. The Labute approximate surface area is 75.5 Å². The van der Waals surface area contributed by atoms with Gasteiger partial charge in [0.05, 0.1) is 24.7 Å². The molecule has 6 atom stereocenters. The van der Waals surface area contributed by atoms with E-state index in [-0.39, 0.29) is 29.6 Å². The van der Waals surface area contributed by atoms with Crippen LogP contribution in [0.15, 0.2) is 0 Å². The molecule has 4 heteroatoms. The van der Waals surface area contributed by atoms with E-state index in [1.54, 1.807) is 0 Å². The van der Waals surface area contributed by atoms with Crippen molar-refractivity contribution >= 4 is 5.97 Å². The highest BCUT2D eigenvalue weighted by Gasteiger charge is 2.63. The molecule has 0 aromatic heterocycles. The van der Waals surface area contributed by atoms with Crippen LogP contribution in [0.4, 0.5) is 0 Å². The maximum atomic E-state index is 11.3. The summed E-state index contributed by atoms with van der Waals surface area (Å²) in [5.41, 5.74) is 0. The number of esters is 1. The summed E-state index contributed by atoms with van der Waals surface area (Å²) in [6.07, 6.45) is -0.365. The lowest BCUT2D eigenvalue weighted by molar-refractivity contribution is -0.143. The fraction of sp³-hybridized carbons (Fsp3) is 0.889. The third-order valence-corrected chi connectivity index (χ3v) is 3.90. The van der Waals surface area contributed by atoms with Gasteiger partial charge in [-0.25, -0.2) is 0 Å². The van der Waals surface area contributed by atoms with Gasteiger partial charge < -0.3 is 14.9 Å². The van der Waals surface area contributed by atoms with Crippen molar-refractivity contribution in [2.75, 3.05) is 6.61 Å². The smallest absolute Gasteiger partial charge is 0.309 e. The summed E-state index contributed by atoms with van der Waals surface area (Å²) in [5, 5.41) is 19.4. The number of cyclic esters (lactones) is 1. The van der Waals surface area contributed by atoms with Gasteiger partial charge in [0.2, 0.25) is 0 Å². The fourth-order valence-corrected chi connectivity index (χ4v) is 3.38. The average Bonchev–Trinajstić information content (AvgIpc) is 2.64. The average molecular weight is 184 g/mol. The first-order valence-corrected chi connectivity index (χ1v) is 4.73. The fourth-order valence-electron chi connectivity index (χ4n) is 3.38. The van der Waals surface area contributed by atoms with E-state index in [1.807, 2.05) is 0 Å². The van der Waals surface area contributed by atoms with Crippen LogP contribution in [0.25, 0.3) is 0 Å². The van der Waals surface area contributed by atoms with Crippen molar-refractivity contribution in [3.05, 3.63) is 0 Å². The minimum atomic E-state index is -0.488. The van der Waals surface area contributed by atoms with Gasteiger partial charge in [-0.05, 0) is 6.42 Å². The maximum Gasteiger partial charge on any atom is 0.309 e. The molecule has 3 rings (SSSR count). The Hall–Kier alpha value is -0.610. The molecule has 2 N–H and O–H groups in total. The van der Waals surface area contributed by atoms with E-state index >= 15 is 0 Å². The number of carbonyl (C=O) groups excluding carboxylic acids is 1. The standard InChI is InChI=1S/C9H12O4/c10-5-1-3-6-4(2-13-9(6)12)7(5)8(3)11/h3-8,10-11H,1-2H2/t3-,4+,5+,6-,7-,8+/m0/s1. The lowest BCUT2D eigenvalue weighted by Crippen LogP contribution is -2.31. The molecule has 2 bridgehead atoms. The number of aliphatic hydroxyl groups excluding tert-OH is 2. The van der Waals surface area contributed by atoms with Gasteiger partial charge in [0.25, 0.3) is 0 Å². The van der Waals surface area contributed by atoms with E-state index in [9.17, 15) is 15.0 Å². The molecular weight excluding hydrogens is 172 g/mol. The van der Waals surface area contributed by atoms with Gasteiger partial charge in [0, 0.05) is 17.8 Å². The number of ether oxygens (including phenoxy) is 1. The number of hydrogen-bond acceptors (Lipinski definition) is 4. The van der Waals surface area contributed by atoms with E-state index in [4.69, 9.17) is 4.74 Å². The minimum absolute atomic E-state index is 0.0556. The van der Waals surface area contributed by atoms with E-state index in [0.717, 1.165) is 0 Å². The Morgan fingerprint density at radius 3 is 2.85 bits per heavy atom. The van der Waals surface area contributed by atoms with Crippen LogP contribution in [-0.2, 0) is 9.53 Å². The molecular formula is C9H12O4. The molecule has 1 heterocycles. The molecule has 4 nitrogen and oxygen atoms in total. The SMILES string of the molecule is O=C1OC[C@@H]2[C@@H]1[C@@H]1C[C@@H](O)[C@H]2[C@@H]1O. The predicted molar refractivity (Wildman–Crippen MR) is 41.5 cm³/mol. The third kappa shape index (κ3) is 0.758. The number of fused-ring (bicyclic) bond motifs is 5. The highest BCUT2D eigenvalue weighted by Crippen LogP contribution is 2.55. The maximum absolute atomic E-state index is 11.3. The lowest BCUT2D eigenvalue weighted by Gasteiger charge is -2.23. The van der Waals surface area contributed by atoms with Crippen LogP contribution >= 0.6 is 0 Å². The number of hydrogen-bond donors (Lipinski definition) is 2. The lowest BCUT2D eigenvalue weighted by atomic mass is 9.80. The van der Waals surface area contributed by atoms with Gasteiger partial charge in [-0.15, -0.1) is 0 Å². The summed E-state index contributed by atoms with van der Waals surface area (Å²) in [4.78, 5) is 11.3. The Morgan fingerprint density at radius 1 is 1.31 bits per heavy atom. The molecule has 0 unspecified atom stereocenters. The third-order valence-electron chi connectivity index (χ3n) is 3.90. The van der Waals surface area contributed by atoms with Crippen molar-refractivity contribution in [3.63, 3.8) is 0 Å². The molecule has 2 saturated carbocycles. The summed E-state index contributed by atoms with van der Waals surface area (Å²) < 4.78 is 4.94. The van der Waals surface area contributed by atoms with Crippen LogP contribution < -0.4 is 0 Å². The Bertz CT molecular complexity index is 262. The number of aliphatic hydroxyl groups is 2. The molecule has 0 aromatic rings. The predicted octanol–water partition coefficient (Wildman–Crippen LogP) is -0.853. The van der Waals surface area contributed by atoms with Crippen molar-refractivity contribution in [2.45, 2.75) is 18.6 Å². The van der Waals surface area contributed by atoms with Crippen molar-refractivity contribution in [1.29, 1.82) is 0 Å². The monoisotopic (exact) mass is 184 g/mol. The van der Waals surface area contributed by atoms with E-state index in [1.165, 1.54) is 0 Å². The molecule has 0 amide bonds. The minimum Gasteiger partial charge on any atom is -0.465 e. The van der Waals surface area contributed by atoms with Crippen LogP contribution in [-0.4, -0.2) is 35.0 Å². The topological polar surface area (TPSA) is 66.8 Å². The Morgan fingerprint density at radius 2 is 2.08 bits per heavy atom. The Balaban J connectivity index is 1.98. The van der Waals surface area contributed by atoms with Crippen molar-refractivity contribution in [1.82, 2.24) is 0 Å². The van der Waals surface area contributed by atoms with Gasteiger partial charge in [-0.2, -0.15) is 0 Å². The quantitative estimate of drug-likeness (QED) is 0.481. The summed E-state index contributed by atoms with van der Waals surface area (Å²) in [6.45, 7) is 0.388. The van der Waals surface area contributed by atoms with Crippen LogP contribution in [0, 0.1) is 23.7 Å². The first kappa shape index (κ1) is 7.76. The van der Waals surface area contributed by atoms with Gasteiger partial charge in [-0.3, -0.25) is 4.79 Å². The van der Waals surface area contributed by atoms with Gasteiger partial charge >= 0.3 is 5.97 Å². The zero-order valence-electron chi connectivity index (χ0n) is 7.09. The molecule has 3 fully saturated rings. The van der Waals surface area contributed by atoms with Crippen LogP contribution in [0.2, 0.25) is 0 Å². The van der Waals surface area contributed by atoms with Gasteiger partial charge in [0.15, 0.2) is 0 Å². The molecule has 0 radical (unpaired) electrons. The van der Waals surface area contributed by atoms with E-state index in [2.05, 4.69) is 0 Å². The largest absolute Gasteiger partial charge is 0.465 e. The second-order valence-electron chi connectivity index (χ2n) is 4.35. The second kappa shape index (κ2) is 2.25. The highest BCUT2D eigenvalue weighted by molar-refractivity contribution is 5.76. The van der Waals surface area contributed by atoms with Crippen LogP contribution in [0.3, 0.4) is 0 Å². The number of carbonyl (C=O) groups is 1. The molecule has 1 aliphatic heterocycles. The Kier molecular flexibility index (Phi) is 1.34. The van der Waals surface area contributed by atoms with Crippen LogP contribution in [0.5, 0.6) is 0 Å². The van der Waals surface area contributed by atoms with Crippen molar-refractivity contribution in [3.8, 4) is 0 Å². The normalized spacial score (nSPS) is 58.2. The molecule has 1 saturated heterocycles. The van der Waals surface area contributed by atoms with Gasteiger partial charge in [0.1, 0.15) is 0 Å². The number of rotatable bonds is 0. The molecule has 3 aliphatic rings. The van der Waals surface area contributed by atoms with Crippen molar-refractivity contribution < 1.29 is 19.7 Å². The van der Waals surface area contributed by atoms with Crippen LogP contribution in [0.1, 0.15) is 6.42 Å². The zero-order chi connectivity index (χ0) is 9.16. The van der Waals surface area contributed by atoms with Crippen molar-refractivity contribution in [2.24, 2.45) is 23.7 Å². The summed E-state index contributed by atoms with van der Waals surface area (Å²) in [6, 6.07) is 0. The molecule has 0 aromatic carbocycles. The summed E-state index contributed by atoms with van der Waals surface area (Å²) in [7, 11) is 0.